The van der Waals surface area contributed by atoms with E-state index in [2.05, 4.69) is 21.3 Å². The van der Waals surface area contributed by atoms with Crippen molar-refractivity contribution in [3.63, 3.8) is 0 Å². The van der Waals surface area contributed by atoms with Gasteiger partial charge in [-0.25, -0.2) is 0 Å². The number of anilines is 2. The summed E-state index contributed by atoms with van der Waals surface area (Å²) in [5.74, 6) is -3.21. The summed E-state index contributed by atoms with van der Waals surface area (Å²) in [5.41, 5.74) is 13.6. The third-order valence-electron chi connectivity index (χ3n) is 5.76. The molecule has 0 bridgehead atoms. The number of nitrogen functional groups attached to an aromatic ring is 1. The molecule has 0 aliphatic rings. The molecule has 4 amide bonds. The summed E-state index contributed by atoms with van der Waals surface area (Å²) in [4.78, 5) is 60.2. The maximum atomic E-state index is 12.5. The molecule has 0 fully saturated rings. The minimum atomic E-state index is -1.22. The molecule has 0 spiro atoms. The normalized spacial score (nSPS) is 12.0. The second-order valence-electron chi connectivity index (χ2n) is 8.98. The fourth-order valence-corrected chi connectivity index (χ4v) is 3.69. The number of hydrogen-bond donors (Lipinski definition) is 7. The van der Waals surface area contributed by atoms with E-state index in [1.807, 2.05) is 30.3 Å². The third kappa shape index (κ3) is 12.1. The van der Waals surface area contributed by atoms with Crippen LogP contribution in [0, 0.1) is 0 Å². The van der Waals surface area contributed by atoms with E-state index >= 15 is 0 Å². The van der Waals surface area contributed by atoms with E-state index in [0.717, 1.165) is 5.56 Å². The fraction of sp³-hybridized carbons (Fsp3) is 0.370. The molecule has 0 saturated heterocycles. The first-order valence-corrected chi connectivity index (χ1v) is 12.7. The average Bonchev–Trinajstić information content (AvgIpc) is 2.91. The van der Waals surface area contributed by atoms with E-state index in [1.54, 1.807) is 24.3 Å². The molecular weight excluding hydrogens is 504 g/mol. The first kappa shape index (κ1) is 30.8. The highest BCUT2D eigenvalue weighted by molar-refractivity contribution is 5.94. The van der Waals surface area contributed by atoms with Crippen molar-refractivity contribution in [2.45, 2.75) is 50.6 Å². The smallest absolute Gasteiger partial charge is 0.322 e. The van der Waals surface area contributed by atoms with Crippen molar-refractivity contribution in [1.29, 1.82) is 0 Å². The molecule has 2 rings (SSSR count). The average molecular weight is 541 g/mol. The van der Waals surface area contributed by atoms with Gasteiger partial charge in [-0.05, 0) is 37.0 Å². The Morgan fingerprint density at radius 1 is 0.795 bits per heavy atom. The van der Waals surface area contributed by atoms with E-state index in [9.17, 15) is 24.0 Å². The highest BCUT2D eigenvalue weighted by Crippen LogP contribution is 2.17. The molecule has 210 valence electrons. The van der Waals surface area contributed by atoms with Gasteiger partial charge in [0.25, 0.3) is 0 Å². The van der Waals surface area contributed by atoms with Crippen molar-refractivity contribution >= 4 is 41.0 Å². The van der Waals surface area contributed by atoms with Crippen LogP contribution in [0.2, 0.25) is 0 Å². The second kappa shape index (κ2) is 16.4. The largest absolute Gasteiger partial charge is 0.480 e. The molecule has 2 aromatic rings. The Morgan fingerprint density at radius 2 is 1.46 bits per heavy atom. The number of nitrogens with one attached hydrogen (secondary N) is 4. The standard InChI is InChI=1S/C27H36N6O6/c28-19-11-7-8-12-21(19)32-23(34)14-6-2-5-13-22(27(39)31-17-25(36)37)33-24(35)16-30-26(38)20(29)15-18-9-3-1-4-10-18/h1,3-4,7-12,20,22H,2,5-6,13-17,28-29H2,(H,30,38)(H,31,39)(H,32,34)(H,33,35)(H,36,37)/t20-,22-/m0/s1. The van der Waals surface area contributed by atoms with Crippen LogP contribution in [0.4, 0.5) is 11.4 Å². The number of amides is 4. The summed E-state index contributed by atoms with van der Waals surface area (Å²) >= 11 is 0. The summed E-state index contributed by atoms with van der Waals surface area (Å²) in [6.07, 6.45) is 2.36. The number of aliphatic carboxylic acids is 1. The Labute approximate surface area is 226 Å². The van der Waals surface area contributed by atoms with Gasteiger partial charge in [-0.2, -0.15) is 0 Å². The number of unbranched alkanes of at least 4 members (excludes halogenated alkanes) is 2. The number of carboxylic acids is 1. The van der Waals surface area contributed by atoms with Crippen molar-refractivity contribution < 1.29 is 29.1 Å². The van der Waals surface area contributed by atoms with Crippen LogP contribution in [0.15, 0.2) is 54.6 Å². The Bertz CT molecular complexity index is 1130. The van der Waals surface area contributed by atoms with Crippen LogP contribution < -0.4 is 32.7 Å². The lowest BCUT2D eigenvalue weighted by Gasteiger charge is -2.19. The number of nitrogens with two attached hydrogens (primary N) is 2. The van der Waals surface area contributed by atoms with E-state index < -0.39 is 48.9 Å². The Kier molecular flexibility index (Phi) is 12.9. The Balaban J connectivity index is 1.78. The van der Waals surface area contributed by atoms with Crippen LogP contribution in [0.3, 0.4) is 0 Å². The van der Waals surface area contributed by atoms with Crippen LogP contribution >= 0.6 is 0 Å². The number of para-hydroxylation sites is 2. The van der Waals surface area contributed by atoms with Crippen molar-refractivity contribution in [1.82, 2.24) is 16.0 Å². The molecule has 0 aromatic heterocycles. The van der Waals surface area contributed by atoms with Gasteiger partial charge in [0, 0.05) is 6.42 Å². The SMILES string of the molecule is Nc1ccccc1NC(=O)CCCCC[C@H](NC(=O)CNC(=O)[C@@H](N)Cc1ccccc1)C(=O)NCC(=O)O. The predicted molar refractivity (Wildman–Crippen MR) is 146 cm³/mol. The van der Waals surface area contributed by atoms with Crippen molar-refractivity contribution in [3.8, 4) is 0 Å². The minimum absolute atomic E-state index is 0.196. The molecule has 0 radical (unpaired) electrons. The monoisotopic (exact) mass is 540 g/mol. The maximum Gasteiger partial charge on any atom is 0.322 e. The fourth-order valence-electron chi connectivity index (χ4n) is 3.69. The lowest BCUT2D eigenvalue weighted by Crippen LogP contribution is -2.51. The first-order valence-electron chi connectivity index (χ1n) is 12.7. The number of carbonyl (C=O) groups excluding carboxylic acids is 4. The number of carboxylic acid groups (broad SMARTS) is 1. The van der Waals surface area contributed by atoms with Crippen LogP contribution in [0.25, 0.3) is 0 Å². The van der Waals surface area contributed by atoms with Crippen LogP contribution in [-0.2, 0) is 30.4 Å². The quantitative estimate of drug-likeness (QED) is 0.118. The van der Waals surface area contributed by atoms with E-state index in [-0.39, 0.29) is 18.7 Å². The molecule has 9 N–H and O–H groups in total. The molecule has 12 nitrogen and oxygen atoms in total. The number of benzene rings is 2. The van der Waals surface area contributed by atoms with E-state index in [4.69, 9.17) is 16.6 Å². The van der Waals surface area contributed by atoms with Gasteiger partial charge in [-0.1, -0.05) is 55.3 Å². The number of hydrogen-bond acceptors (Lipinski definition) is 7. The molecule has 12 heteroatoms. The van der Waals surface area contributed by atoms with Crippen LogP contribution in [0.1, 0.15) is 37.7 Å². The molecule has 0 unspecified atom stereocenters. The molecule has 2 aromatic carbocycles. The van der Waals surface area contributed by atoms with E-state index in [0.29, 0.717) is 37.1 Å². The zero-order valence-corrected chi connectivity index (χ0v) is 21.7. The summed E-state index contributed by atoms with van der Waals surface area (Å²) < 4.78 is 0. The molecule has 0 aliphatic heterocycles. The summed E-state index contributed by atoms with van der Waals surface area (Å²) in [6.45, 7) is -0.994. The Morgan fingerprint density at radius 3 is 2.15 bits per heavy atom. The lowest BCUT2D eigenvalue weighted by molar-refractivity contribution is -0.138. The molecule has 0 aliphatic carbocycles. The third-order valence-corrected chi connectivity index (χ3v) is 5.76. The molecule has 39 heavy (non-hydrogen) atoms. The summed E-state index contributed by atoms with van der Waals surface area (Å²) in [5, 5.41) is 18.8. The van der Waals surface area contributed by atoms with Crippen LogP contribution in [0.5, 0.6) is 0 Å². The summed E-state index contributed by atoms with van der Waals surface area (Å²) in [7, 11) is 0. The topological polar surface area (TPSA) is 206 Å². The minimum Gasteiger partial charge on any atom is -0.480 e. The molecule has 0 heterocycles. The highest BCUT2D eigenvalue weighted by Gasteiger charge is 2.22. The summed E-state index contributed by atoms with van der Waals surface area (Å²) in [6, 6.07) is 14.2. The van der Waals surface area contributed by atoms with Crippen molar-refractivity contribution in [3.05, 3.63) is 60.2 Å². The predicted octanol–water partition coefficient (Wildman–Crippen LogP) is 0.530. The van der Waals surface area contributed by atoms with E-state index in [1.165, 1.54) is 0 Å². The second-order valence-corrected chi connectivity index (χ2v) is 8.98. The number of carbonyl (C=O) groups is 5. The lowest BCUT2D eigenvalue weighted by atomic mass is 10.1. The van der Waals surface area contributed by atoms with Crippen molar-refractivity contribution in [2.24, 2.45) is 5.73 Å². The molecular formula is C27H36N6O6. The van der Waals surface area contributed by atoms with Gasteiger partial charge < -0.3 is 37.8 Å². The van der Waals surface area contributed by atoms with Gasteiger partial charge in [-0.15, -0.1) is 0 Å². The zero-order chi connectivity index (χ0) is 28.6. The van der Waals surface area contributed by atoms with Gasteiger partial charge >= 0.3 is 5.97 Å². The Hall–Kier alpha value is -4.45. The van der Waals surface area contributed by atoms with Crippen molar-refractivity contribution in [2.75, 3.05) is 24.1 Å². The van der Waals surface area contributed by atoms with Gasteiger partial charge in [0.1, 0.15) is 12.6 Å². The van der Waals surface area contributed by atoms with Crippen LogP contribution in [-0.4, -0.2) is 59.9 Å². The number of rotatable bonds is 16. The van der Waals surface area contributed by atoms with Gasteiger partial charge in [0.05, 0.1) is 24.0 Å². The molecule has 0 saturated carbocycles. The highest BCUT2D eigenvalue weighted by atomic mass is 16.4. The first-order chi connectivity index (χ1) is 18.7. The maximum absolute atomic E-state index is 12.5. The van der Waals surface area contributed by atoms with Gasteiger partial charge in [0.2, 0.25) is 23.6 Å². The molecule has 2 atom stereocenters. The van der Waals surface area contributed by atoms with Gasteiger partial charge in [-0.3, -0.25) is 24.0 Å². The zero-order valence-electron chi connectivity index (χ0n) is 21.7. The van der Waals surface area contributed by atoms with Gasteiger partial charge in [0.15, 0.2) is 0 Å².